The first kappa shape index (κ1) is 21.4. The summed E-state index contributed by atoms with van der Waals surface area (Å²) in [7, 11) is 0. The van der Waals surface area contributed by atoms with Crippen LogP contribution in [0.1, 0.15) is 54.6 Å². The van der Waals surface area contributed by atoms with Gasteiger partial charge in [-0.3, -0.25) is 14.4 Å². The third-order valence-corrected chi connectivity index (χ3v) is 8.60. The molecule has 7 rings (SSSR count). The van der Waals surface area contributed by atoms with Gasteiger partial charge in [-0.2, -0.15) is 5.10 Å². The molecule has 1 aromatic carbocycles. The number of aromatic nitrogens is 2. The fourth-order valence-corrected chi connectivity index (χ4v) is 7.52. The van der Waals surface area contributed by atoms with Crippen molar-refractivity contribution < 1.29 is 9.53 Å². The van der Waals surface area contributed by atoms with Crippen molar-refractivity contribution in [1.29, 1.82) is 0 Å². The number of hydrogen-bond donors (Lipinski definition) is 1. The van der Waals surface area contributed by atoms with Crippen LogP contribution in [0.4, 0.5) is 0 Å². The first-order chi connectivity index (χ1) is 16.1. The average molecular weight is 449 g/mol. The topological polar surface area (TPSA) is 59.4 Å². The molecule has 1 amide bonds. The molecule has 2 heterocycles. The van der Waals surface area contributed by atoms with E-state index in [0.717, 1.165) is 93.2 Å². The molecule has 0 spiro atoms. The lowest BCUT2D eigenvalue weighted by molar-refractivity contribution is -0.0168. The van der Waals surface area contributed by atoms with E-state index in [-0.39, 0.29) is 11.4 Å². The fraction of sp³-hybridized carbons (Fsp3) is 0.630. The molecule has 6 heteroatoms. The van der Waals surface area contributed by atoms with Crippen molar-refractivity contribution >= 4 is 5.91 Å². The van der Waals surface area contributed by atoms with E-state index in [1.807, 2.05) is 6.07 Å². The van der Waals surface area contributed by atoms with Gasteiger partial charge in [0, 0.05) is 36.3 Å². The van der Waals surface area contributed by atoms with Gasteiger partial charge in [0.25, 0.3) is 5.91 Å². The Kier molecular flexibility index (Phi) is 5.53. The number of ether oxygens (including phenoxy) is 1. The first-order valence-electron chi connectivity index (χ1n) is 12.8. The number of rotatable bonds is 6. The maximum absolute atomic E-state index is 13.6. The molecule has 5 fully saturated rings. The van der Waals surface area contributed by atoms with Crippen molar-refractivity contribution in [3.63, 3.8) is 0 Å². The second kappa shape index (κ2) is 8.55. The van der Waals surface area contributed by atoms with Crippen LogP contribution in [0.2, 0.25) is 0 Å². The van der Waals surface area contributed by atoms with Crippen LogP contribution in [0.15, 0.2) is 30.3 Å². The summed E-state index contributed by atoms with van der Waals surface area (Å²) in [6.45, 7) is 7.26. The third kappa shape index (κ3) is 4.12. The highest BCUT2D eigenvalue weighted by Gasteiger charge is 2.51. The summed E-state index contributed by atoms with van der Waals surface area (Å²) in [6.07, 6.45) is 7.61. The van der Waals surface area contributed by atoms with Crippen molar-refractivity contribution in [2.45, 2.75) is 57.5 Å². The van der Waals surface area contributed by atoms with E-state index in [4.69, 9.17) is 9.84 Å². The molecule has 33 heavy (non-hydrogen) atoms. The fourth-order valence-electron chi connectivity index (χ4n) is 7.52. The Morgan fingerprint density at radius 2 is 1.67 bits per heavy atom. The van der Waals surface area contributed by atoms with E-state index in [9.17, 15) is 4.79 Å². The number of nitrogens with one attached hydrogen (secondary N) is 1. The highest BCUT2D eigenvalue weighted by molar-refractivity contribution is 5.96. The van der Waals surface area contributed by atoms with Crippen molar-refractivity contribution in [3.8, 4) is 11.3 Å². The molecular weight excluding hydrogens is 412 g/mol. The molecule has 5 aliphatic rings. The van der Waals surface area contributed by atoms with Crippen LogP contribution in [0, 0.1) is 24.7 Å². The number of benzene rings is 1. The van der Waals surface area contributed by atoms with Crippen LogP contribution in [-0.4, -0.2) is 59.0 Å². The maximum Gasteiger partial charge on any atom is 0.272 e. The number of amides is 1. The van der Waals surface area contributed by atoms with Crippen LogP contribution in [-0.2, 0) is 11.3 Å². The summed E-state index contributed by atoms with van der Waals surface area (Å²) >= 11 is 0. The number of nitrogens with zero attached hydrogens (tertiary/aromatic N) is 3. The van der Waals surface area contributed by atoms with E-state index in [2.05, 4.69) is 46.1 Å². The molecule has 0 radical (unpaired) electrons. The van der Waals surface area contributed by atoms with Crippen molar-refractivity contribution in [2.24, 2.45) is 17.8 Å². The lowest BCUT2D eigenvalue weighted by Crippen LogP contribution is -2.59. The zero-order chi connectivity index (χ0) is 22.4. The molecule has 2 aromatic rings. The minimum Gasteiger partial charge on any atom is -0.379 e. The molecular formula is C27H36N4O2. The largest absolute Gasteiger partial charge is 0.379 e. The second-order valence-corrected chi connectivity index (χ2v) is 11.0. The van der Waals surface area contributed by atoms with Gasteiger partial charge in [0.15, 0.2) is 5.69 Å². The molecule has 1 saturated heterocycles. The zero-order valence-electron chi connectivity index (χ0n) is 19.8. The smallest absolute Gasteiger partial charge is 0.272 e. The van der Waals surface area contributed by atoms with Crippen molar-refractivity contribution in [3.05, 3.63) is 41.6 Å². The highest BCUT2D eigenvalue weighted by Crippen LogP contribution is 2.55. The number of morpholine rings is 1. The Bertz CT molecular complexity index is 973. The Labute approximate surface area is 196 Å². The van der Waals surface area contributed by atoms with Gasteiger partial charge >= 0.3 is 0 Å². The van der Waals surface area contributed by atoms with Gasteiger partial charge in [-0.25, -0.2) is 0 Å². The standard InChI is InChI=1S/C27H36N4O2/c1-19-24(26(32)28-27-16-20-13-21(17-27)15-22(14-20)18-27)29-31(8-7-30-9-11-33-12-10-30)25(19)23-5-3-2-4-6-23/h2-6,20-22H,7-18H2,1H3,(H,28,32). The molecule has 176 valence electrons. The van der Waals surface area contributed by atoms with Gasteiger partial charge in [0.05, 0.1) is 25.5 Å². The lowest BCUT2D eigenvalue weighted by Gasteiger charge is -2.56. The molecule has 4 saturated carbocycles. The van der Waals surface area contributed by atoms with Gasteiger partial charge in [-0.1, -0.05) is 30.3 Å². The summed E-state index contributed by atoms with van der Waals surface area (Å²) < 4.78 is 7.56. The molecule has 0 unspecified atom stereocenters. The van der Waals surface area contributed by atoms with E-state index in [1.54, 1.807) is 0 Å². The number of hydrogen-bond acceptors (Lipinski definition) is 4. The number of carbonyl (C=O) groups is 1. The monoisotopic (exact) mass is 448 g/mol. The summed E-state index contributed by atoms with van der Waals surface area (Å²) in [4.78, 5) is 16.1. The summed E-state index contributed by atoms with van der Waals surface area (Å²) in [6, 6.07) is 10.4. The Morgan fingerprint density at radius 1 is 1.03 bits per heavy atom. The van der Waals surface area contributed by atoms with Crippen LogP contribution in [0.25, 0.3) is 11.3 Å². The van der Waals surface area contributed by atoms with Crippen LogP contribution in [0.5, 0.6) is 0 Å². The van der Waals surface area contributed by atoms with Gasteiger partial charge in [0.1, 0.15) is 0 Å². The van der Waals surface area contributed by atoms with Gasteiger partial charge in [-0.15, -0.1) is 0 Å². The normalized spacial score (nSPS) is 31.1. The lowest BCUT2D eigenvalue weighted by atomic mass is 9.53. The second-order valence-electron chi connectivity index (χ2n) is 11.0. The molecule has 1 N–H and O–H groups in total. The van der Waals surface area contributed by atoms with Crippen LogP contribution in [0.3, 0.4) is 0 Å². The maximum atomic E-state index is 13.6. The molecule has 1 aliphatic heterocycles. The van der Waals surface area contributed by atoms with Gasteiger partial charge < -0.3 is 10.1 Å². The molecule has 0 atom stereocenters. The van der Waals surface area contributed by atoms with Gasteiger partial charge in [0.2, 0.25) is 0 Å². The predicted molar refractivity (Wildman–Crippen MR) is 128 cm³/mol. The summed E-state index contributed by atoms with van der Waals surface area (Å²) in [5.41, 5.74) is 3.79. The molecule has 4 aliphatic carbocycles. The predicted octanol–water partition coefficient (Wildman–Crippen LogP) is 3.89. The van der Waals surface area contributed by atoms with E-state index >= 15 is 0 Å². The van der Waals surface area contributed by atoms with E-state index in [1.165, 1.54) is 19.3 Å². The Balaban J connectivity index is 1.27. The van der Waals surface area contributed by atoms with Crippen LogP contribution >= 0.6 is 0 Å². The summed E-state index contributed by atoms with van der Waals surface area (Å²) in [5.74, 6) is 2.45. The van der Waals surface area contributed by atoms with E-state index < -0.39 is 0 Å². The third-order valence-electron chi connectivity index (χ3n) is 8.60. The summed E-state index contributed by atoms with van der Waals surface area (Å²) in [5, 5.41) is 8.45. The molecule has 6 nitrogen and oxygen atoms in total. The Morgan fingerprint density at radius 3 is 2.30 bits per heavy atom. The number of carbonyl (C=O) groups excluding carboxylic acids is 1. The van der Waals surface area contributed by atoms with E-state index in [0.29, 0.717) is 5.69 Å². The SMILES string of the molecule is Cc1c(C(=O)NC23CC4CC(CC(C4)C2)C3)nn(CCN2CCOCC2)c1-c1ccccc1. The van der Waals surface area contributed by atoms with Crippen LogP contribution < -0.4 is 5.32 Å². The van der Waals surface area contributed by atoms with Gasteiger partial charge in [-0.05, 0) is 63.2 Å². The minimum absolute atomic E-state index is 0.00274. The quantitative estimate of drug-likeness (QED) is 0.728. The highest BCUT2D eigenvalue weighted by atomic mass is 16.5. The molecule has 4 bridgehead atoms. The average Bonchev–Trinajstić information content (AvgIpc) is 3.14. The Hall–Kier alpha value is -2.18. The van der Waals surface area contributed by atoms with Crippen molar-refractivity contribution in [1.82, 2.24) is 20.0 Å². The van der Waals surface area contributed by atoms with Crippen molar-refractivity contribution in [2.75, 3.05) is 32.8 Å². The zero-order valence-corrected chi connectivity index (χ0v) is 19.8. The molecule has 1 aromatic heterocycles. The first-order valence-corrected chi connectivity index (χ1v) is 12.8. The minimum atomic E-state index is 0.00274.